The van der Waals surface area contributed by atoms with Gasteiger partial charge in [0.05, 0.1) is 5.70 Å². The average molecular weight is 299 g/mol. The lowest BCUT2D eigenvalue weighted by Gasteiger charge is -2.28. The van der Waals surface area contributed by atoms with Crippen molar-refractivity contribution < 1.29 is 9.53 Å². The maximum atomic E-state index is 12.3. The van der Waals surface area contributed by atoms with Crippen LogP contribution in [-0.2, 0) is 4.74 Å². The number of hydrogen-bond donors (Lipinski definition) is 0. The predicted molar refractivity (Wildman–Crippen MR) is 90.4 cm³/mol. The zero-order chi connectivity index (χ0) is 16.0. The summed E-state index contributed by atoms with van der Waals surface area (Å²) in [6.07, 6.45) is 7.32. The molecule has 118 valence electrons. The fraction of sp³-hybridized carbons (Fsp3) is 0.421. The molecule has 1 aliphatic rings. The van der Waals surface area contributed by atoms with Crippen LogP contribution in [0.15, 0.2) is 48.7 Å². The summed E-state index contributed by atoms with van der Waals surface area (Å²) in [5.41, 5.74) is 1.53. The van der Waals surface area contributed by atoms with Gasteiger partial charge in [-0.3, -0.25) is 4.90 Å². The Hall–Kier alpha value is -2.03. The van der Waals surface area contributed by atoms with E-state index in [1.165, 1.54) is 0 Å². The van der Waals surface area contributed by atoms with E-state index < -0.39 is 5.60 Å². The number of rotatable bonds is 7. The molecule has 0 aliphatic carbocycles. The molecule has 1 aromatic rings. The van der Waals surface area contributed by atoms with Crippen LogP contribution >= 0.6 is 0 Å². The van der Waals surface area contributed by atoms with Crippen molar-refractivity contribution in [2.45, 2.75) is 45.1 Å². The second kappa shape index (κ2) is 7.30. The molecule has 1 aromatic carbocycles. The summed E-state index contributed by atoms with van der Waals surface area (Å²) < 4.78 is 5.82. The Labute approximate surface area is 133 Å². The highest BCUT2D eigenvalue weighted by molar-refractivity contribution is 5.78. The van der Waals surface area contributed by atoms with Gasteiger partial charge >= 0.3 is 6.09 Å². The minimum atomic E-state index is -0.508. The molecule has 1 atom stereocenters. The summed E-state index contributed by atoms with van der Waals surface area (Å²) in [5.74, 6) is 0. The summed E-state index contributed by atoms with van der Waals surface area (Å²) in [6.45, 7) is 8.47. The largest absolute Gasteiger partial charge is 0.436 e. The molecule has 3 heteroatoms. The lowest BCUT2D eigenvalue weighted by molar-refractivity contribution is 0.0577. The van der Waals surface area contributed by atoms with E-state index >= 15 is 0 Å². The second-order valence-corrected chi connectivity index (χ2v) is 5.66. The van der Waals surface area contributed by atoms with Crippen LogP contribution in [0.1, 0.15) is 45.1 Å². The van der Waals surface area contributed by atoms with E-state index in [4.69, 9.17) is 4.74 Å². The fourth-order valence-electron chi connectivity index (χ4n) is 2.91. The van der Waals surface area contributed by atoms with Gasteiger partial charge in [-0.15, -0.1) is 6.58 Å². The molecule has 1 heterocycles. The number of hydrogen-bond acceptors (Lipinski definition) is 2. The number of unbranched alkanes of at least 4 members (excludes halogenated alkanes) is 1. The molecule has 0 radical (unpaired) electrons. The lowest BCUT2D eigenvalue weighted by atomic mass is 9.89. The van der Waals surface area contributed by atoms with E-state index in [1.54, 1.807) is 11.0 Å². The van der Waals surface area contributed by atoms with Gasteiger partial charge in [0.15, 0.2) is 5.60 Å². The molecule has 22 heavy (non-hydrogen) atoms. The van der Waals surface area contributed by atoms with Crippen molar-refractivity contribution in [1.29, 1.82) is 0 Å². The predicted octanol–water partition coefficient (Wildman–Crippen LogP) is 5.00. The van der Waals surface area contributed by atoms with E-state index in [9.17, 15) is 4.79 Å². The summed E-state index contributed by atoms with van der Waals surface area (Å²) >= 11 is 0. The minimum Gasteiger partial charge on any atom is -0.436 e. The summed E-state index contributed by atoms with van der Waals surface area (Å²) in [4.78, 5) is 14.0. The molecule has 1 aliphatic heterocycles. The van der Waals surface area contributed by atoms with Crippen molar-refractivity contribution in [2.24, 2.45) is 0 Å². The zero-order valence-corrected chi connectivity index (χ0v) is 13.5. The third-order valence-electron chi connectivity index (χ3n) is 4.18. The van der Waals surface area contributed by atoms with Gasteiger partial charge in [0.25, 0.3) is 0 Å². The van der Waals surface area contributed by atoms with Gasteiger partial charge < -0.3 is 4.74 Å². The molecule has 1 saturated heterocycles. The van der Waals surface area contributed by atoms with Crippen LogP contribution in [0.25, 0.3) is 6.08 Å². The van der Waals surface area contributed by atoms with Crippen LogP contribution in [-0.4, -0.2) is 23.1 Å². The van der Waals surface area contributed by atoms with Gasteiger partial charge in [0.1, 0.15) is 0 Å². The summed E-state index contributed by atoms with van der Waals surface area (Å²) in [7, 11) is 0. The average Bonchev–Trinajstić information content (AvgIpc) is 2.80. The minimum absolute atomic E-state index is 0.264. The first-order chi connectivity index (χ1) is 10.7. The number of carbonyl (C=O) groups excluding carboxylic acids is 1. The molecular weight excluding hydrogens is 274 g/mol. The molecule has 0 aromatic heterocycles. The first-order valence-corrected chi connectivity index (χ1v) is 8.05. The zero-order valence-electron chi connectivity index (χ0n) is 13.5. The van der Waals surface area contributed by atoms with Crippen LogP contribution in [0.2, 0.25) is 0 Å². The SMILES string of the molecule is C=CCN1C(=O)OC(CC)(CCCC)/C1=C/c1ccccc1. The molecule has 1 fully saturated rings. The lowest BCUT2D eigenvalue weighted by Crippen LogP contribution is -2.31. The highest BCUT2D eigenvalue weighted by Gasteiger charge is 2.47. The van der Waals surface area contributed by atoms with E-state index in [-0.39, 0.29) is 6.09 Å². The molecule has 1 unspecified atom stereocenters. The monoisotopic (exact) mass is 299 g/mol. The highest BCUT2D eigenvalue weighted by atomic mass is 16.6. The van der Waals surface area contributed by atoms with Crippen LogP contribution in [0.4, 0.5) is 4.79 Å². The molecule has 1 amide bonds. The quantitative estimate of drug-likeness (QED) is 0.663. The molecule has 0 N–H and O–H groups in total. The van der Waals surface area contributed by atoms with Crippen molar-refractivity contribution in [1.82, 2.24) is 4.90 Å². The number of ether oxygens (including phenoxy) is 1. The van der Waals surface area contributed by atoms with Crippen molar-refractivity contribution in [3.05, 3.63) is 54.2 Å². The number of cyclic esters (lactones) is 1. The van der Waals surface area contributed by atoms with Gasteiger partial charge in [-0.2, -0.15) is 0 Å². The molecule has 3 nitrogen and oxygen atoms in total. The van der Waals surface area contributed by atoms with E-state index in [0.29, 0.717) is 6.54 Å². The van der Waals surface area contributed by atoms with E-state index in [2.05, 4.69) is 26.5 Å². The van der Waals surface area contributed by atoms with E-state index in [1.807, 2.05) is 30.3 Å². The summed E-state index contributed by atoms with van der Waals surface area (Å²) in [6, 6.07) is 10.1. The van der Waals surface area contributed by atoms with Crippen molar-refractivity contribution in [3.8, 4) is 0 Å². The van der Waals surface area contributed by atoms with Gasteiger partial charge in [-0.05, 0) is 30.9 Å². The molecule has 2 rings (SSSR count). The fourth-order valence-corrected chi connectivity index (χ4v) is 2.91. The molecule has 0 bridgehead atoms. The smallest absolute Gasteiger partial charge is 0.415 e. The number of nitrogens with zero attached hydrogens (tertiary/aromatic N) is 1. The van der Waals surface area contributed by atoms with Gasteiger partial charge in [-0.25, -0.2) is 4.79 Å². The van der Waals surface area contributed by atoms with Crippen LogP contribution in [0, 0.1) is 0 Å². The van der Waals surface area contributed by atoms with Crippen LogP contribution in [0.5, 0.6) is 0 Å². The van der Waals surface area contributed by atoms with Crippen molar-refractivity contribution in [3.63, 3.8) is 0 Å². The maximum Gasteiger partial charge on any atom is 0.415 e. The highest BCUT2D eigenvalue weighted by Crippen LogP contribution is 2.41. The Morgan fingerprint density at radius 2 is 2.00 bits per heavy atom. The maximum absolute atomic E-state index is 12.3. The number of carbonyl (C=O) groups is 1. The Morgan fingerprint density at radius 3 is 2.59 bits per heavy atom. The normalized spacial score (nSPS) is 22.9. The first-order valence-electron chi connectivity index (χ1n) is 8.05. The van der Waals surface area contributed by atoms with Gasteiger partial charge in [0.2, 0.25) is 0 Å². The molecule has 0 saturated carbocycles. The molecule has 0 spiro atoms. The third-order valence-corrected chi connectivity index (χ3v) is 4.18. The first kappa shape index (κ1) is 16.3. The Kier molecular flexibility index (Phi) is 5.42. The topological polar surface area (TPSA) is 29.5 Å². The standard InChI is InChI=1S/C19H25NO2/c1-4-7-13-19(6-3)17(15-16-11-9-8-10-12-16)20(14-5-2)18(21)22-19/h5,8-12,15H,2,4,6-7,13-14H2,1,3H3/b17-15-. The Bertz CT molecular complexity index is 550. The van der Waals surface area contributed by atoms with Gasteiger partial charge in [0, 0.05) is 6.54 Å². The third kappa shape index (κ3) is 3.24. The van der Waals surface area contributed by atoms with Crippen LogP contribution < -0.4 is 0 Å². The number of benzene rings is 1. The van der Waals surface area contributed by atoms with Crippen molar-refractivity contribution in [2.75, 3.05) is 6.54 Å². The second-order valence-electron chi connectivity index (χ2n) is 5.66. The van der Waals surface area contributed by atoms with E-state index in [0.717, 1.165) is 36.9 Å². The van der Waals surface area contributed by atoms with Crippen molar-refractivity contribution >= 4 is 12.2 Å². The molecular formula is C19H25NO2. The Balaban J connectivity index is 2.45. The summed E-state index contributed by atoms with van der Waals surface area (Å²) in [5, 5.41) is 0. The Morgan fingerprint density at radius 1 is 1.27 bits per heavy atom. The number of amides is 1. The van der Waals surface area contributed by atoms with Crippen LogP contribution in [0.3, 0.4) is 0 Å². The van der Waals surface area contributed by atoms with Gasteiger partial charge in [-0.1, -0.05) is 56.7 Å².